The van der Waals surface area contributed by atoms with Gasteiger partial charge in [-0.15, -0.1) is 0 Å². The molecule has 0 aliphatic rings. The topological polar surface area (TPSA) is 76.7 Å². The van der Waals surface area contributed by atoms with Gasteiger partial charge in [-0.05, 0) is 40.0 Å². The number of anilines is 2. The molecule has 88 valence electrons. The van der Waals surface area contributed by atoms with Crippen molar-refractivity contribution in [1.82, 2.24) is 15.0 Å². The van der Waals surface area contributed by atoms with E-state index in [9.17, 15) is 0 Å². The maximum Gasteiger partial charge on any atom is 0.225 e. The van der Waals surface area contributed by atoms with Crippen LogP contribution in [-0.4, -0.2) is 15.0 Å². The van der Waals surface area contributed by atoms with Crippen molar-refractivity contribution in [3.8, 4) is 0 Å². The Balaban J connectivity index is 2.10. The van der Waals surface area contributed by atoms with Crippen molar-refractivity contribution in [1.29, 1.82) is 0 Å². The summed E-state index contributed by atoms with van der Waals surface area (Å²) in [5.41, 5.74) is 7.91. The number of hydrogen-bond donors (Lipinski definition) is 2. The molecule has 0 bridgehead atoms. The molecule has 0 unspecified atom stereocenters. The highest BCUT2D eigenvalue weighted by molar-refractivity contribution is 9.10. The van der Waals surface area contributed by atoms with Crippen molar-refractivity contribution >= 4 is 27.7 Å². The second-order valence-corrected chi connectivity index (χ2v) is 4.41. The summed E-state index contributed by atoms with van der Waals surface area (Å²) in [6.07, 6.45) is 3.59. The zero-order chi connectivity index (χ0) is 12.3. The van der Waals surface area contributed by atoms with Gasteiger partial charge in [-0.3, -0.25) is 4.98 Å². The van der Waals surface area contributed by atoms with Gasteiger partial charge in [0.25, 0.3) is 0 Å². The Morgan fingerprint density at radius 1 is 1.41 bits per heavy atom. The third kappa shape index (κ3) is 3.13. The van der Waals surface area contributed by atoms with E-state index in [1.807, 2.05) is 19.2 Å². The van der Waals surface area contributed by atoms with Crippen LogP contribution in [0.1, 0.15) is 11.1 Å². The minimum atomic E-state index is 0.431. The van der Waals surface area contributed by atoms with Crippen molar-refractivity contribution in [2.75, 3.05) is 11.1 Å². The molecule has 6 heteroatoms. The van der Waals surface area contributed by atoms with Gasteiger partial charge in [0.15, 0.2) is 0 Å². The van der Waals surface area contributed by atoms with E-state index in [-0.39, 0.29) is 0 Å². The number of rotatable bonds is 3. The van der Waals surface area contributed by atoms with E-state index in [0.717, 1.165) is 11.1 Å². The summed E-state index contributed by atoms with van der Waals surface area (Å²) in [5.74, 6) is 0.939. The van der Waals surface area contributed by atoms with Gasteiger partial charge in [-0.1, -0.05) is 0 Å². The lowest BCUT2D eigenvalue weighted by molar-refractivity contribution is 1.03. The maximum absolute atomic E-state index is 5.63. The summed E-state index contributed by atoms with van der Waals surface area (Å²) in [6.45, 7) is 2.66. The van der Waals surface area contributed by atoms with Gasteiger partial charge in [0, 0.05) is 25.0 Å². The molecule has 2 aromatic heterocycles. The maximum atomic E-state index is 5.63. The van der Waals surface area contributed by atoms with E-state index in [1.54, 1.807) is 12.3 Å². The lowest BCUT2D eigenvalue weighted by atomic mass is 10.1. The first-order chi connectivity index (χ1) is 8.15. The number of nitrogen functional groups attached to an aromatic ring is 1. The van der Waals surface area contributed by atoms with Crippen LogP contribution >= 0.6 is 15.9 Å². The molecule has 0 fully saturated rings. The van der Waals surface area contributed by atoms with E-state index in [0.29, 0.717) is 22.9 Å². The zero-order valence-electron chi connectivity index (χ0n) is 9.31. The number of halogens is 1. The quantitative estimate of drug-likeness (QED) is 0.848. The monoisotopic (exact) mass is 293 g/mol. The summed E-state index contributed by atoms with van der Waals surface area (Å²) in [7, 11) is 0. The summed E-state index contributed by atoms with van der Waals surface area (Å²) in [4.78, 5) is 12.3. The number of hydrogen-bond acceptors (Lipinski definition) is 5. The van der Waals surface area contributed by atoms with E-state index in [1.165, 1.54) is 0 Å². The molecule has 0 amide bonds. The molecule has 0 saturated carbocycles. The highest BCUT2D eigenvalue weighted by atomic mass is 79.9. The molecule has 0 radical (unpaired) electrons. The number of nitrogens with one attached hydrogen (secondary N) is 1. The smallest absolute Gasteiger partial charge is 0.225 e. The number of pyridine rings is 1. The number of aryl methyl sites for hydroxylation is 1. The van der Waals surface area contributed by atoms with Gasteiger partial charge < -0.3 is 11.1 Å². The molecule has 2 rings (SSSR count). The van der Waals surface area contributed by atoms with Gasteiger partial charge >= 0.3 is 0 Å². The molecule has 0 aliphatic heterocycles. The van der Waals surface area contributed by atoms with Crippen molar-refractivity contribution in [2.45, 2.75) is 13.5 Å². The first-order valence-electron chi connectivity index (χ1n) is 5.08. The molecule has 3 N–H and O–H groups in total. The molecule has 2 heterocycles. The van der Waals surface area contributed by atoms with Crippen molar-refractivity contribution < 1.29 is 0 Å². The largest absolute Gasteiger partial charge is 0.383 e. The van der Waals surface area contributed by atoms with Crippen LogP contribution in [0.25, 0.3) is 0 Å². The lowest BCUT2D eigenvalue weighted by Gasteiger charge is -2.07. The minimum absolute atomic E-state index is 0.431. The van der Waals surface area contributed by atoms with Crippen LogP contribution in [0.5, 0.6) is 0 Å². The molecule has 0 atom stereocenters. The average molecular weight is 294 g/mol. The summed E-state index contributed by atoms with van der Waals surface area (Å²) >= 11 is 3.27. The lowest BCUT2D eigenvalue weighted by Crippen LogP contribution is -2.06. The molecule has 0 saturated heterocycles. The SMILES string of the molecule is Cc1cnccc1CNc1nc(N)cc(Br)n1. The van der Waals surface area contributed by atoms with Crippen molar-refractivity contribution in [3.05, 3.63) is 40.3 Å². The predicted octanol–water partition coefficient (Wildman–Crippen LogP) is 2.14. The second-order valence-electron chi connectivity index (χ2n) is 3.59. The fourth-order valence-corrected chi connectivity index (χ4v) is 1.79. The summed E-state index contributed by atoms with van der Waals surface area (Å²) < 4.78 is 0.666. The Kier molecular flexibility index (Phi) is 3.53. The highest BCUT2D eigenvalue weighted by Gasteiger charge is 2.02. The third-order valence-corrected chi connectivity index (χ3v) is 2.69. The Labute approximate surface area is 108 Å². The number of aromatic nitrogens is 3. The van der Waals surface area contributed by atoms with Gasteiger partial charge in [-0.2, -0.15) is 4.98 Å². The number of nitrogens with two attached hydrogens (primary N) is 1. The zero-order valence-corrected chi connectivity index (χ0v) is 10.9. The van der Waals surface area contributed by atoms with E-state index in [2.05, 4.69) is 36.2 Å². The van der Waals surface area contributed by atoms with Crippen molar-refractivity contribution in [3.63, 3.8) is 0 Å². The molecule has 0 aromatic carbocycles. The van der Waals surface area contributed by atoms with Gasteiger partial charge in [0.05, 0.1) is 0 Å². The summed E-state index contributed by atoms with van der Waals surface area (Å²) in [6, 6.07) is 3.62. The van der Waals surface area contributed by atoms with E-state index >= 15 is 0 Å². The molecule has 17 heavy (non-hydrogen) atoms. The van der Waals surface area contributed by atoms with Gasteiger partial charge in [0.1, 0.15) is 10.4 Å². The Morgan fingerprint density at radius 2 is 2.24 bits per heavy atom. The Hall–Kier alpha value is -1.69. The standard InChI is InChI=1S/C11H12BrN5/c1-7-5-14-3-2-8(7)6-15-11-16-9(12)4-10(13)17-11/h2-5H,6H2,1H3,(H3,13,15,16,17). The Morgan fingerprint density at radius 3 is 2.94 bits per heavy atom. The van der Waals surface area contributed by atoms with E-state index < -0.39 is 0 Å². The third-order valence-electron chi connectivity index (χ3n) is 2.29. The van der Waals surface area contributed by atoms with Gasteiger partial charge in [0.2, 0.25) is 5.95 Å². The number of nitrogens with zero attached hydrogens (tertiary/aromatic N) is 3. The van der Waals surface area contributed by atoms with Crippen LogP contribution in [-0.2, 0) is 6.54 Å². The molecule has 0 spiro atoms. The van der Waals surface area contributed by atoms with Crippen molar-refractivity contribution in [2.24, 2.45) is 0 Å². The van der Waals surface area contributed by atoms with Crippen LogP contribution in [0.2, 0.25) is 0 Å². The highest BCUT2D eigenvalue weighted by Crippen LogP contribution is 2.13. The second kappa shape index (κ2) is 5.09. The summed E-state index contributed by atoms with van der Waals surface area (Å²) in [5, 5.41) is 3.12. The van der Waals surface area contributed by atoms with Crippen LogP contribution in [0, 0.1) is 6.92 Å². The van der Waals surface area contributed by atoms with Crippen LogP contribution < -0.4 is 11.1 Å². The molecular formula is C11H12BrN5. The van der Waals surface area contributed by atoms with Crippen LogP contribution in [0.4, 0.5) is 11.8 Å². The Bertz CT molecular complexity index is 509. The molecular weight excluding hydrogens is 282 g/mol. The minimum Gasteiger partial charge on any atom is -0.383 e. The molecule has 0 aliphatic carbocycles. The van der Waals surface area contributed by atoms with Crippen LogP contribution in [0.15, 0.2) is 29.1 Å². The molecule has 5 nitrogen and oxygen atoms in total. The van der Waals surface area contributed by atoms with Gasteiger partial charge in [-0.25, -0.2) is 4.98 Å². The molecule has 2 aromatic rings. The average Bonchev–Trinajstić information content (AvgIpc) is 2.27. The predicted molar refractivity (Wildman–Crippen MR) is 70.4 cm³/mol. The first kappa shape index (κ1) is 11.8. The normalized spacial score (nSPS) is 10.2. The van der Waals surface area contributed by atoms with E-state index in [4.69, 9.17) is 5.73 Å². The van der Waals surface area contributed by atoms with Crippen LogP contribution in [0.3, 0.4) is 0 Å². The fourth-order valence-electron chi connectivity index (χ4n) is 1.39. The fraction of sp³-hybridized carbons (Fsp3) is 0.182. The first-order valence-corrected chi connectivity index (χ1v) is 5.88.